The fourth-order valence-corrected chi connectivity index (χ4v) is 5.01. The molecule has 23 heavy (non-hydrogen) atoms. The Bertz CT molecular complexity index is 793. The number of nitrogens with one attached hydrogen (secondary N) is 1. The average molecular weight is 337 g/mol. The fraction of sp³-hybridized carbons (Fsp3) is 0.600. The molecule has 7 nitrogen and oxygen atoms in total. The van der Waals surface area contributed by atoms with Gasteiger partial charge in [-0.1, -0.05) is 0 Å². The van der Waals surface area contributed by atoms with Crippen molar-refractivity contribution in [1.29, 1.82) is 0 Å². The highest BCUT2D eigenvalue weighted by molar-refractivity contribution is 7.89. The molecule has 1 aliphatic heterocycles. The molecule has 126 valence electrons. The molecular weight excluding hydrogens is 314 g/mol. The third-order valence-electron chi connectivity index (χ3n) is 4.49. The lowest BCUT2D eigenvalue weighted by molar-refractivity contribution is 0.264. The maximum Gasteiger partial charge on any atom is 0.246 e. The molecule has 1 saturated heterocycles. The number of hydrogen-bond acceptors (Lipinski definition) is 4. The van der Waals surface area contributed by atoms with Crippen LogP contribution in [0.3, 0.4) is 0 Å². The van der Waals surface area contributed by atoms with Crippen molar-refractivity contribution in [2.45, 2.75) is 38.0 Å². The lowest BCUT2D eigenvalue weighted by atomic mass is 9.94. The molecule has 1 aliphatic rings. The summed E-state index contributed by atoms with van der Waals surface area (Å²) in [6, 6.07) is 0. The van der Waals surface area contributed by atoms with Gasteiger partial charge in [0.2, 0.25) is 10.0 Å². The highest BCUT2D eigenvalue weighted by Gasteiger charge is 2.32. The predicted octanol–water partition coefficient (Wildman–Crippen LogP) is 1.40. The predicted molar refractivity (Wildman–Crippen MR) is 86.5 cm³/mol. The first-order valence-electron chi connectivity index (χ1n) is 7.87. The summed E-state index contributed by atoms with van der Waals surface area (Å²) in [4.78, 5) is 0.318. The second-order valence-corrected chi connectivity index (χ2v) is 8.27. The monoisotopic (exact) mass is 337 g/mol. The molecule has 0 spiro atoms. The Kier molecular flexibility index (Phi) is 4.29. The minimum absolute atomic E-state index is 0.314. The van der Waals surface area contributed by atoms with Crippen LogP contribution in [0.5, 0.6) is 0 Å². The molecule has 0 saturated carbocycles. The molecule has 0 bridgehead atoms. The van der Waals surface area contributed by atoms with Gasteiger partial charge in [0.15, 0.2) is 0 Å². The molecule has 1 N–H and O–H groups in total. The van der Waals surface area contributed by atoms with Crippen molar-refractivity contribution in [1.82, 2.24) is 24.3 Å². The number of rotatable bonds is 4. The molecule has 0 aromatic carbocycles. The van der Waals surface area contributed by atoms with Crippen molar-refractivity contribution in [2.75, 3.05) is 13.1 Å². The molecule has 0 aliphatic carbocycles. The number of hydrogen-bond donors (Lipinski definition) is 1. The van der Waals surface area contributed by atoms with Gasteiger partial charge < -0.3 is 0 Å². The summed E-state index contributed by atoms with van der Waals surface area (Å²) in [5.41, 5.74) is 2.79. The maximum absolute atomic E-state index is 12.9. The van der Waals surface area contributed by atoms with E-state index in [4.69, 9.17) is 0 Å². The van der Waals surface area contributed by atoms with E-state index in [1.807, 2.05) is 13.1 Å². The maximum atomic E-state index is 12.9. The quantitative estimate of drug-likeness (QED) is 0.914. The van der Waals surface area contributed by atoms with Gasteiger partial charge in [-0.2, -0.15) is 14.5 Å². The molecule has 1 atom stereocenters. The molecule has 3 rings (SSSR count). The molecule has 0 amide bonds. The molecular formula is C15H23N5O2S. The van der Waals surface area contributed by atoms with Crippen LogP contribution in [0.15, 0.2) is 17.3 Å². The van der Waals surface area contributed by atoms with E-state index in [1.54, 1.807) is 29.2 Å². The number of aromatic amines is 1. The second-order valence-electron chi connectivity index (χ2n) is 6.36. The van der Waals surface area contributed by atoms with Crippen molar-refractivity contribution in [3.05, 3.63) is 29.3 Å². The Morgan fingerprint density at radius 1 is 1.39 bits per heavy atom. The molecule has 2 aromatic rings. The molecule has 1 fully saturated rings. The number of H-pyrrole nitrogens is 1. The fourth-order valence-electron chi connectivity index (χ4n) is 3.25. The van der Waals surface area contributed by atoms with Gasteiger partial charge in [0.25, 0.3) is 0 Å². The molecule has 3 heterocycles. The van der Waals surface area contributed by atoms with E-state index in [0.717, 1.165) is 30.5 Å². The Balaban J connectivity index is 1.78. The number of nitrogens with zero attached hydrogens (tertiary/aromatic N) is 4. The van der Waals surface area contributed by atoms with Crippen LogP contribution < -0.4 is 0 Å². The first kappa shape index (κ1) is 16.2. The standard InChI is InChI=1S/C15H23N5O2S/c1-11-8-16-17-14(11)7-13-5-4-6-20(9-13)23(21,22)15-10-19(3)18-12(15)2/h8,10,13H,4-7,9H2,1-3H3,(H,16,17)/t13-/m1/s1. The summed E-state index contributed by atoms with van der Waals surface area (Å²) >= 11 is 0. The third-order valence-corrected chi connectivity index (χ3v) is 6.46. The van der Waals surface area contributed by atoms with Crippen LogP contribution in [0.2, 0.25) is 0 Å². The van der Waals surface area contributed by atoms with Crippen LogP contribution >= 0.6 is 0 Å². The zero-order chi connectivity index (χ0) is 16.6. The smallest absolute Gasteiger partial charge is 0.246 e. The summed E-state index contributed by atoms with van der Waals surface area (Å²) in [6.45, 7) is 4.89. The Morgan fingerprint density at radius 2 is 2.17 bits per heavy atom. The highest BCUT2D eigenvalue weighted by Crippen LogP contribution is 2.27. The normalized spacial score (nSPS) is 20.0. The van der Waals surface area contributed by atoms with E-state index in [2.05, 4.69) is 15.3 Å². The highest BCUT2D eigenvalue weighted by atomic mass is 32.2. The van der Waals surface area contributed by atoms with Crippen LogP contribution in [0, 0.1) is 19.8 Å². The van der Waals surface area contributed by atoms with Gasteiger partial charge in [-0.25, -0.2) is 8.42 Å². The second kappa shape index (κ2) is 6.09. The van der Waals surface area contributed by atoms with Crippen molar-refractivity contribution in [2.24, 2.45) is 13.0 Å². The lowest BCUT2D eigenvalue weighted by Gasteiger charge is -2.31. The minimum atomic E-state index is -3.47. The van der Waals surface area contributed by atoms with Crippen molar-refractivity contribution in [3.63, 3.8) is 0 Å². The number of sulfonamides is 1. The van der Waals surface area contributed by atoms with E-state index in [-0.39, 0.29) is 0 Å². The van der Waals surface area contributed by atoms with E-state index in [9.17, 15) is 8.42 Å². The Hall–Kier alpha value is -1.67. The van der Waals surface area contributed by atoms with Gasteiger partial charge in [-0.15, -0.1) is 0 Å². The number of aromatic nitrogens is 4. The van der Waals surface area contributed by atoms with E-state index in [1.165, 1.54) is 0 Å². The van der Waals surface area contributed by atoms with Gasteiger partial charge in [0.1, 0.15) is 4.90 Å². The molecule has 0 radical (unpaired) electrons. The first-order chi connectivity index (χ1) is 10.9. The number of aryl methyl sites for hydroxylation is 3. The van der Waals surface area contributed by atoms with Crippen LogP contribution in [0.4, 0.5) is 0 Å². The SMILES string of the molecule is Cc1cn[nH]c1C[C@H]1CCCN(S(=O)(=O)c2cn(C)nc2C)C1. The topological polar surface area (TPSA) is 83.9 Å². The molecule has 2 aromatic heterocycles. The van der Waals surface area contributed by atoms with Gasteiger partial charge in [-0.3, -0.25) is 9.78 Å². The summed E-state index contributed by atoms with van der Waals surface area (Å²) in [5, 5.41) is 11.2. The van der Waals surface area contributed by atoms with E-state index >= 15 is 0 Å². The molecule has 0 unspecified atom stereocenters. The van der Waals surface area contributed by atoms with Crippen molar-refractivity contribution in [3.8, 4) is 0 Å². The third kappa shape index (κ3) is 3.18. The lowest BCUT2D eigenvalue weighted by Crippen LogP contribution is -2.40. The van der Waals surface area contributed by atoms with Crippen LogP contribution in [0.25, 0.3) is 0 Å². The summed E-state index contributed by atoms with van der Waals surface area (Å²) in [6.07, 6.45) is 6.16. The zero-order valence-electron chi connectivity index (χ0n) is 13.8. The average Bonchev–Trinajstić information content (AvgIpc) is 3.05. The minimum Gasteiger partial charge on any atom is -0.282 e. The number of piperidine rings is 1. The van der Waals surface area contributed by atoms with E-state index in [0.29, 0.717) is 29.6 Å². The van der Waals surface area contributed by atoms with Crippen molar-refractivity contribution >= 4 is 10.0 Å². The van der Waals surface area contributed by atoms with Crippen LogP contribution in [-0.4, -0.2) is 45.8 Å². The van der Waals surface area contributed by atoms with Gasteiger partial charge >= 0.3 is 0 Å². The van der Waals surface area contributed by atoms with Crippen molar-refractivity contribution < 1.29 is 8.42 Å². The Labute approximate surface area is 136 Å². The van der Waals surface area contributed by atoms with Gasteiger partial charge in [0, 0.05) is 32.0 Å². The summed E-state index contributed by atoms with van der Waals surface area (Å²) < 4.78 is 28.9. The summed E-state index contributed by atoms with van der Waals surface area (Å²) in [7, 11) is -1.73. The molecule has 8 heteroatoms. The van der Waals surface area contributed by atoms with E-state index < -0.39 is 10.0 Å². The zero-order valence-corrected chi connectivity index (χ0v) is 14.6. The van der Waals surface area contributed by atoms with Crippen LogP contribution in [0.1, 0.15) is 29.8 Å². The largest absolute Gasteiger partial charge is 0.282 e. The van der Waals surface area contributed by atoms with Crippen LogP contribution in [-0.2, 0) is 23.5 Å². The van der Waals surface area contributed by atoms with Gasteiger partial charge in [-0.05, 0) is 44.6 Å². The summed E-state index contributed by atoms with van der Waals surface area (Å²) in [5.74, 6) is 0.314. The Morgan fingerprint density at radius 3 is 2.78 bits per heavy atom. The van der Waals surface area contributed by atoms with Gasteiger partial charge in [0.05, 0.1) is 11.9 Å². The first-order valence-corrected chi connectivity index (χ1v) is 9.31.